The van der Waals surface area contributed by atoms with E-state index in [4.69, 9.17) is 0 Å². The Labute approximate surface area is 242 Å². The third-order valence-electron chi connectivity index (χ3n) is 6.14. The summed E-state index contributed by atoms with van der Waals surface area (Å²) in [5.41, 5.74) is -1.21. The molecule has 0 unspecified atom stereocenters. The fraction of sp³-hybridized carbons (Fsp3) is 0.214. The van der Waals surface area contributed by atoms with Gasteiger partial charge in [0.2, 0.25) is 11.9 Å². The van der Waals surface area contributed by atoms with E-state index in [2.05, 4.69) is 41.9 Å². The molecule has 1 aromatic heterocycles. The molecule has 0 aliphatic heterocycles. The average molecular weight is 597 g/mol. The molecule has 0 saturated carbocycles. The van der Waals surface area contributed by atoms with Crippen molar-refractivity contribution in [3.63, 3.8) is 0 Å². The number of halogens is 3. The number of nitrogens with zero attached hydrogens (tertiary/aromatic N) is 2. The Balaban J connectivity index is 1.48. The van der Waals surface area contributed by atoms with Gasteiger partial charge in [0.05, 0.1) is 11.3 Å². The maximum atomic E-state index is 13.7. The summed E-state index contributed by atoms with van der Waals surface area (Å²) >= 11 is 0. The smallest absolute Gasteiger partial charge is 0.378 e. The molecule has 4 rings (SSSR count). The Bertz CT molecular complexity index is 1700. The zero-order chi connectivity index (χ0) is 31.1. The second kappa shape index (κ2) is 13.0. The van der Waals surface area contributed by atoms with Crippen LogP contribution >= 0.6 is 0 Å². The lowest BCUT2D eigenvalue weighted by Gasteiger charge is -2.17. The first kappa shape index (κ1) is 30.5. The fourth-order valence-electron chi connectivity index (χ4n) is 3.90. The standard InChI is InChI=1S/C28H27F3N8O4/c1-3-20(40)33-12-13-34-21-22(24(42)23(21)41)36-15-8-10-16(11-9-15)37-27-35-14-18(28(29,30)31)25(39-27)38-19-7-5-4-6-17(19)26(43)32-2/h4-11,14,34,36H,3,12-13H2,1-2H3,(H,32,43)(H,33,40)(H2,35,37,38,39). The molecule has 0 bridgehead atoms. The van der Waals surface area contributed by atoms with Gasteiger partial charge in [-0.1, -0.05) is 19.1 Å². The maximum absolute atomic E-state index is 13.7. The number of rotatable bonds is 12. The van der Waals surface area contributed by atoms with Gasteiger partial charge in [-0.25, -0.2) is 4.98 Å². The van der Waals surface area contributed by atoms with Gasteiger partial charge in [-0.05, 0) is 36.4 Å². The Morgan fingerprint density at radius 3 is 2.16 bits per heavy atom. The molecule has 0 atom stereocenters. The number of amides is 2. The average Bonchev–Trinajstić information content (AvgIpc) is 3.00. The zero-order valence-corrected chi connectivity index (χ0v) is 23.0. The van der Waals surface area contributed by atoms with E-state index in [1.807, 2.05) is 0 Å². The highest BCUT2D eigenvalue weighted by atomic mass is 19.4. The number of nitrogens with one attached hydrogen (secondary N) is 6. The summed E-state index contributed by atoms with van der Waals surface area (Å²) in [6.45, 7) is 2.23. The van der Waals surface area contributed by atoms with Crippen molar-refractivity contribution in [3.05, 3.63) is 86.3 Å². The van der Waals surface area contributed by atoms with Gasteiger partial charge in [-0.3, -0.25) is 19.2 Å². The van der Waals surface area contributed by atoms with Crippen LogP contribution in [0, 0.1) is 0 Å². The number of alkyl halides is 3. The summed E-state index contributed by atoms with van der Waals surface area (Å²) in [6, 6.07) is 12.3. The molecule has 0 spiro atoms. The van der Waals surface area contributed by atoms with Gasteiger partial charge in [-0.15, -0.1) is 0 Å². The van der Waals surface area contributed by atoms with Crippen molar-refractivity contribution in [1.82, 2.24) is 20.6 Å². The van der Waals surface area contributed by atoms with Crippen molar-refractivity contribution in [1.29, 1.82) is 0 Å². The minimum Gasteiger partial charge on any atom is -0.378 e. The monoisotopic (exact) mass is 596 g/mol. The Morgan fingerprint density at radius 2 is 1.51 bits per heavy atom. The topological polar surface area (TPSA) is 166 Å². The van der Waals surface area contributed by atoms with Crippen molar-refractivity contribution < 1.29 is 22.8 Å². The minimum atomic E-state index is -4.78. The lowest BCUT2D eigenvalue weighted by molar-refractivity contribution is -0.137. The second-order valence-corrected chi connectivity index (χ2v) is 9.07. The largest absolute Gasteiger partial charge is 0.421 e. The molecule has 0 radical (unpaired) electrons. The van der Waals surface area contributed by atoms with E-state index in [1.165, 1.54) is 19.2 Å². The molecule has 0 aliphatic rings. The van der Waals surface area contributed by atoms with Crippen LogP contribution in [0.15, 0.2) is 64.3 Å². The molecule has 3 aromatic carbocycles. The number of hydrogen-bond donors (Lipinski definition) is 6. The van der Waals surface area contributed by atoms with E-state index in [1.54, 1.807) is 43.3 Å². The molecule has 4 aromatic rings. The zero-order valence-electron chi connectivity index (χ0n) is 23.0. The van der Waals surface area contributed by atoms with E-state index < -0.39 is 34.3 Å². The normalized spacial score (nSPS) is 11.1. The highest BCUT2D eigenvalue weighted by Gasteiger charge is 2.35. The predicted molar refractivity (Wildman–Crippen MR) is 156 cm³/mol. The second-order valence-electron chi connectivity index (χ2n) is 9.07. The molecular formula is C28H27F3N8O4. The summed E-state index contributed by atoms with van der Waals surface area (Å²) in [5, 5.41) is 16.2. The lowest BCUT2D eigenvalue weighted by atomic mass is 10.1. The summed E-state index contributed by atoms with van der Waals surface area (Å²) in [5.74, 6) is -1.35. The molecule has 15 heteroatoms. The first-order chi connectivity index (χ1) is 20.5. The van der Waals surface area contributed by atoms with E-state index in [0.29, 0.717) is 24.0 Å². The SMILES string of the molecule is CCC(=O)NCCNc1c(Nc2ccc(Nc3ncc(C(F)(F)F)c(Nc4ccccc4C(=O)NC)n3)cc2)c(=O)c1=O. The highest BCUT2D eigenvalue weighted by molar-refractivity contribution is 6.00. The van der Waals surface area contributed by atoms with Crippen LogP contribution in [0.1, 0.15) is 29.3 Å². The van der Waals surface area contributed by atoms with Gasteiger partial charge < -0.3 is 31.9 Å². The third-order valence-corrected chi connectivity index (χ3v) is 6.14. The number of anilines is 7. The lowest BCUT2D eigenvalue weighted by Crippen LogP contribution is -2.38. The van der Waals surface area contributed by atoms with Gasteiger partial charge >= 0.3 is 6.18 Å². The summed E-state index contributed by atoms with van der Waals surface area (Å²) in [4.78, 5) is 55.4. The van der Waals surface area contributed by atoms with Crippen molar-refractivity contribution in [2.24, 2.45) is 0 Å². The van der Waals surface area contributed by atoms with Crippen LogP contribution < -0.4 is 42.8 Å². The summed E-state index contributed by atoms with van der Waals surface area (Å²) in [6.07, 6.45) is -3.82. The summed E-state index contributed by atoms with van der Waals surface area (Å²) in [7, 11) is 1.40. The number of carbonyl (C=O) groups is 2. The van der Waals surface area contributed by atoms with Crippen molar-refractivity contribution >= 4 is 52.0 Å². The molecule has 12 nitrogen and oxygen atoms in total. The molecule has 43 heavy (non-hydrogen) atoms. The van der Waals surface area contributed by atoms with Gasteiger partial charge in [0, 0.05) is 44.1 Å². The Morgan fingerprint density at radius 1 is 0.860 bits per heavy atom. The number of para-hydroxylation sites is 1. The van der Waals surface area contributed by atoms with Crippen LogP contribution in [0.5, 0.6) is 0 Å². The van der Waals surface area contributed by atoms with Crippen LogP contribution in [0.3, 0.4) is 0 Å². The maximum Gasteiger partial charge on any atom is 0.421 e. The van der Waals surface area contributed by atoms with Gasteiger partial charge in [-0.2, -0.15) is 18.2 Å². The van der Waals surface area contributed by atoms with Gasteiger partial charge in [0.25, 0.3) is 16.8 Å². The minimum absolute atomic E-state index is 0.0753. The molecule has 2 amide bonds. The van der Waals surface area contributed by atoms with Gasteiger partial charge in [0.15, 0.2) is 0 Å². The van der Waals surface area contributed by atoms with Crippen LogP contribution in [0.4, 0.5) is 53.4 Å². The number of benzene rings is 2. The van der Waals surface area contributed by atoms with Crippen molar-refractivity contribution in [2.75, 3.05) is 41.4 Å². The highest BCUT2D eigenvalue weighted by Crippen LogP contribution is 2.36. The van der Waals surface area contributed by atoms with E-state index in [9.17, 15) is 32.3 Å². The first-order valence-corrected chi connectivity index (χ1v) is 13.0. The first-order valence-electron chi connectivity index (χ1n) is 13.0. The van der Waals surface area contributed by atoms with Crippen LogP contribution in [0.2, 0.25) is 0 Å². The van der Waals surface area contributed by atoms with Crippen molar-refractivity contribution in [2.45, 2.75) is 19.5 Å². The molecular weight excluding hydrogens is 569 g/mol. The number of carbonyl (C=O) groups excluding carboxylic acids is 2. The molecule has 1 heterocycles. The molecule has 0 saturated heterocycles. The van der Waals surface area contributed by atoms with E-state index in [0.717, 1.165) is 0 Å². The Kier molecular flexibility index (Phi) is 9.23. The predicted octanol–water partition coefficient (Wildman–Crippen LogP) is 3.62. The quantitative estimate of drug-likeness (QED) is 0.105. The van der Waals surface area contributed by atoms with E-state index >= 15 is 0 Å². The molecule has 0 aliphatic carbocycles. The summed E-state index contributed by atoms with van der Waals surface area (Å²) < 4.78 is 41.2. The molecule has 6 N–H and O–H groups in total. The van der Waals surface area contributed by atoms with Gasteiger partial charge in [0.1, 0.15) is 22.8 Å². The number of hydrogen-bond acceptors (Lipinski definition) is 10. The molecule has 224 valence electrons. The third kappa shape index (κ3) is 7.25. The fourth-order valence-corrected chi connectivity index (χ4v) is 3.90. The van der Waals surface area contributed by atoms with Crippen LogP contribution in [0.25, 0.3) is 0 Å². The number of aromatic nitrogens is 2. The van der Waals surface area contributed by atoms with Crippen LogP contribution in [-0.4, -0.2) is 41.9 Å². The van der Waals surface area contributed by atoms with E-state index in [-0.39, 0.29) is 47.6 Å². The van der Waals surface area contributed by atoms with Crippen LogP contribution in [-0.2, 0) is 11.0 Å². The molecule has 0 fully saturated rings. The van der Waals surface area contributed by atoms with Crippen molar-refractivity contribution in [3.8, 4) is 0 Å². The Hall–Kier alpha value is -5.47.